The summed E-state index contributed by atoms with van der Waals surface area (Å²) in [6.45, 7) is 7.18. The van der Waals surface area contributed by atoms with Gasteiger partial charge in [0, 0.05) is 0 Å². The van der Waals surface area contributed by atoms with E-state index in [2.05, 4.69) is 57.2 Å². The van der Waals surface area contributed by atoms with E-state index in [-0.39, 0.29) is 0 Å². The molecule has 0 spiro atoms. The molecular formula is C17H20O. The highest BCUT2D eigenvalue weighted by Gasteiger charge is 1.99. The largest absolute Gasteiger partial charge is 0.493 e. The number of ether oxygens (including phenoxy) is 1. The Morgan fingerprint density at radius 3 is 1.83 bits per heavy atom. The zero-order valence-corrected chi connectivity index (χ0v) is 11.3. The molecule has 0 atom stereocenters. The highest BCUT2D eigenvalue weighted by atomic mass is 16.5. The van der Waals surface area contributed by atoms with Gasteiger partial charge in [0.05, 0.1) is 6.61 Å². The number of hydrogen-bond acceptors (Lipinski definition) is 1. The second-order valence-corrected chi connectivity index (χ2v) is 5.10. The lowest BCUT2D eigenvalue weighted by molar-refractivity contribution is 0.271. The van der Waals surface area contributed by atoms with Gasteiger partial charge in [0.1, 0.15) is 5.75 Å². The Morgan fingerprint density at radius 1 is 0.833 bits per heavy atom. The van der Waals surface area contributed by atoms with Gasteiger partial charge in [-0.1, -0.05) is 55.8 Å². The molecule has 1 heteroatoms. The van der Waals surface area contributed by atoms with Gasteiger partial charge in [-0.2, -0.15) is 0 Å². The Hall–Kier alpha value is -1.76. The molecule has 0 aromatic heterocycles. The molecule has 0 N–H and O–H groups in total. The second kappa shape index (κ2) is 5.72. The van der Waals surface area contributed by atoms with E-state index in [1.165, 1.54) is 16.7 Å². The summed E-state index contributed by atoms with van der Waals surface area (Å²) < 4.78 is 5.68. The van der Waals surface area contributed by atoms with Gasteiger partial charge in [-0.3, -0.25) is 0 Å². The Bertz CT molecular complexity index is 480. The fraction of sp³-hybridized carbons (Fsp3) is 0.294. The standard InChI is InChI=1S/C17H20O/c1-13(2)12-18-17-10-8-16(9-11-17)15-6-4-14(3)5-7-15/h4-11,13H,12H2,1-3H3. The summed E-state index contributed by atoms with van der Waals surface area (Å²) in [5.41, 5.74) is 3.76. The number of benzene rings is 2. The molecule has 2 aromatic carbocycles. The molecule has 0 heterocycles. The first-order valence-corrected chi connectivity index (χ1v) is 6.45. The molecule has 0 bridgehead atoms. The SMILES string of the molecule is Cc1ccc(-c2ccc(OCC(C)C)cc2)cc1. The van der Waals surface area contributed by atoms with Crippen molar-refractivity contribution in [3.05, 3.63) is 54.1 Å². The molecule has 0 aliphatic rings. The van der Waals surface area contributed by atoms with E-state index in [0.717, 1.165) is 12.4 Å². The van der Waals surface area contributed by atoms with E-state index in [1.807, 2.05) is 12.1 Å². The third-order valence-electron chi connectivity index (χ3n) is 2.82. The van der Waals surface area contributed by atoms with Crippen LogP contribution in [0.4, 0.5) is 0 Å². The fourth-order valence-electron chi connectivity index (χ4n) is 1.75. The van der Waals surface area contributed by atoms with Crippen LogP contribution in [0.3, 0.4) is 0 Å². The maximum Gasteiger partial charge on any atom is 0.119 e. The first-order valence-electron chi connectivity index (χ1n) is 6.45. The molecule has 0 saturated carbocycles. The van der Waals surface area contributed by atoms with E-state index >= 15 is 0 Å². The summed E-state index contributed by atoms with van der Waals surface area (Å²) in [4.78, 5) is 0. The summed E-state index contributed by atoms with van der Waals surface area (Å²) in [6.07, 6.45) is 0. The van der Waals surface area contributed by atoms with E-state index in [0.29, 0.717) is 5.92 Å². The second-order valence-electron chi connectivity index (χ2n) is 5.10. The highest BCUT2D eigenvalue weighted by Crippen LogP contribution is 2.22. The van der Waals surface area contributed by atoms with E-state index in [9.17, 15) is 0 Å². The zero-order chi connectivity index (χ0) is 13.0. The van der Waals surface area contributed by atoms with Gasteiger partial charge >= 0.3 is 0 Å². The minimum Gasteiger partial charge on any atom is -0.493 e. The lowest BCUT2D eigenvalue weighted by Gasteiger charge is -2.09. The fourth-order valence-corrected chi connectivity index (χ4v) is 1.75. The topological polar surface area (TPSA) is 9.23 Å². The molecule has 94 valence electrons. The van der Waals surface area contributed by atoms with E-state index < -0.39 is 0 Å². The minimum atomic E-state index is 0.557. The van der Waals surface area contributed by atoms with Crippen molar-refractivity contribution < 1.29 is 4.74 Å². The van der Waals surface area contributed by atoms with Crippen LogP contribution in [0.15, 0.2) is 48.5 Å². The Balaban J connectivity index is 2.09. The summed E-state index contributed by atoms with van der Waals surface area (Å²) in [5, 5.41) is 0. The van der Waals surface area contributed by atoms with Crippen molar-refractivity contribution in [3.63, 3.8) is 0 Å². The van der Waals surface area contributed by atoms with Crippen molar-refractivity contribution in [2.75, 3.05) is 6.61 Å². The zero-order valence-electron chi connectivity index (χ0n) is 11.3. The normalized spacial score (nSPS) is 10.7. The number of aryl methyl sites for hydroxylation is 1. The highest BCUT2D eigenvalue weighted by molar-refractivity contribution is 5.64. The van der Waals surface area contributed by atoms with Gasteiger partial charge in [0.2, 0.25) is 0 Å². The maximum atomic E-state index is 5.68. The van der Waals surface area contributed by atoms with E-state index in [4.69, 9.17) is 4.74 Å². The Labute approximate surface area is 109 Å². The van der Waals surface area contributed by atoms with Crippen LogP contribution < -0.4 is 4.74 Å². The Kier molecular flexibility index (Phi) is 4.03. The molecule has 0 aliphatic heterocycles. The minimum absolute atomic E-state index is 0.557. The smallest absolute Gasteiger partial charge is 0.119 e. The third-order valence-corrected chi connectivity index (χ3v) is 2.82. The molecule has 0 radical (unpaired) electrons. The molecule has 0 fully saturated rings. The molecule has 0 saturated heterocycles. The lowest BCUT2D eigenvalue weighted by Crippen LogP contribution is -2.04. The van der Waals surface area contributed by atoms with Crippen molar-refractivity contribution in [3.8, 4) is 16.9 Å². The van der Waals surface area contributed by atoms with Crippen LogP contribution in [0.2, 0.25) is 0 Å². The van der Waals surface area contributed by atoms with Gasteiger partial charge in [-0.15, -0.1) is 0 Å². The molecular weight excluding hydrogens is 220 g/mol. The van der Waals surface area contributed by atoms with Crippen LogP contribution in [-0.4, -0.2) is 6.61 Å². The first kappa shape index (κ1) is 12.7. The van der Waals surface area contributed by atoms with Crippen LogP contribution in [0.1, 0.15) is 19.4 Å². The van der Waals surface area contributed by atoms with Crippen LogP contribution in [0, 0.1) is 12.8 Å². The monoisotopic (exact) mass is 240 g/mol. The lowest BCUT2D eigenvalue weighted by atomic mass is 10.0. The molecule has 0 amide bonds. The van der Waals surface area contributed by atoms with Crippen molar-refractivity contribution in [2.24, 2.45) is 5.92 Å². The molecule has 2 rings (SSSR count). The van der Waals surface area contributed by atoms with Gasteiger partial charge in [-0.25, -0.2) is 0 Å². The van der Waals surface area contributed by atoms with Gasteiger partial charge in [0.25, 0.3) is 0 Å². The molecule has 2 aromatic rings. The van der Waals surface area contributed by atoms with Crippen LogP contribution >= 0.6 is 0 Å². The maximum absolute atomic E-state index is 5.68. The predicted molar refractivity (Wildman–Crippen MR) is 76.9 cm³/mol. The molecule has 18 heavy (non-hydrogen) atoms. The Morgan fingerprint density at radius 2 is 1.33 bits per heavy atom. The average molecular weight is 240 g/mol. The summed E-state index contributed by atoms with van der Waals surface area (Å²) in [6, 6.07) is 16.9. The number of rotatable bonds is 4. The molecule has 0 aliphatic carbocycles. The first-order chi connectivity index (χ1) is 8.65. The summed E-state index contributed by atoms with van der Waals surface area (Å²) >= 11 is 0. The van der Waals surface area contributed by atoms with Gasteiger partial charge in [0.15, 0.2) is 0 Å². The van der Waals surface area contributed by atoms with Crippen LogP contribution in [0.5, 0.6) is 5.75 Å². The molecule has 1 nitrogen and oxygen atoms in total. The van der Waals surface area contributed by atoms with Gasteiger partial charge < -0.3 is 4.74 Å². The third kappa shape index (κ3) is 3.36. The van der Waals surface area contributed by atoms with Gasteiger partial charge in [-0.05, 0) is 36.1 Å². The summed E-state index contributed by atoms with van der Waals surface area (Å²) in [7, 11) is 0. The van der Waals surface area contributed by atoms with E-state index in [1.54, 1.807) is 0 Å². The van der Waals surface area contributed by atoms with Crippen molar-refractivity contribution in [1.82, 2.24) is 0 Å². The average Bonchev–Trinajstić information content (AvgIpc) is 2.38. The quantitative estimate of drug-likeness (QED) is 0.753. The summed E-state index contributed by atoms with van der Waals surface area (Å²) in [5.74, 6) is 1.50. The number of hydrogen-bond donors (Lipinski definition) is 0. The predicted octanol–water partition coefficient (Wildman–Crippen LogP) is 4.70. The molecule has 0 unspecified atom stereocenters. The van der Waals surface area contributed by atoms with Crippen molar-refractivity contribution in [2.45, 2.75) is 20.8 Å². The van der Waals surface area contributed by atoms with Crippen LogP contribution in [-0.2, 0) is 0 Å². The van der Waals surface area contributed by atoms with Crippen molar-refractivity contribution >= 4 is 0 Å². The van der Waals surface area contributed by atoms with Crippen molar-refractivity contribution in [1.29, 1.82) is 0 Å². The van der Waals surface area contributed by atoms with Crippen LogP contribution in [0.25, 0.3) is 11.1 Å².